The lowest BCUT2D eigenvalue weighted by atomic mass is 10.0. The number of aryl methyl sites for hydroxylation is 2. The summed E-state index contributed by atoms with van der Waals surface area (Å²) in [6.45, 7) is 3.74. The zero-order valence-electron chi connectivity index (χ0n) is 21.6. The highest BCUT2D eigenvalue weighted by Gasteiger charge is 2.28. The van der Waals surface area contributed by atoms with Gasteiger partial charge in [-0.1, -0.05) is 71.8 Å². The fourth-order valence-corrected chi connectivity index (χ4v) is 7.59. The number of rotatable bonds is 6. The molecule has 0 bridgehead atoms. The third kappa shape index (κ3) is 4.06. The van der Waals surface area contributed by atoms with Gasteiger partial charge in [0.25, 0.3) is 20.0 Å². The Morgan fingerprint density at radius 3 is 1.25 bits per heavy atom. The van der Waals surface area contributed by atoms with E-state index in [1.54, 1.807) is 72.8 Å². The van der Waals surface area contributed by atoms with Gasteiger partial charge in [-0.3, -0.25) is 4.79 Å². The molecule has 6 rings (SSSR count). The molecule has 0 amide bonds. The Balaban J connectivity index is 1.54. The minimum atomic E-state index is -4.01. The van der Waals surface area contributed by atoms with Gasteiger partial charge in [0, 0.05) is 34.3 Å². The Kier molecular flexibility index (Phi) is 6.01. The summed E-state index contributed by atoms with van der Waals surface area (Å²) in [6.07, 6.45) is 2.64. The summed E-state index contributed by atoms with van der Waals surface area (Å²) >= 11 is 0. The molecule has 200 valence electrons. The first-order valence-electron chi connectivity index (χ1n) is 12.5. The molecule has 0 spiro atoms. The second kappa shape index (κ2) is 9.32. The molecule has 0 aliphatic rings. The SMILES string of the molecule is Cc1ccc(S(=O)(=O)n2cc(C(=O)c3cn(S(=O)(=O)c4ccc(C)cc4)c4ccccc34)c3ccccc32)cc1. The van der Waals surface area contributed by atoms with Gasteiger partial charge in [0.1, 0.15) is 0 Å². The van der Waals surface area contributed by atoms with Gasteiger partial charge >= 0.3 is 0 Å². The Morgan fingerprint density at radius 1 is 0.525 bits per heavy atom. The Labute approximate surface area is 232 Å². The quantitative estimate of drug-likeness (QED) is 0.233. The zero-order valence-corrected chi connectivity index (χ0v) is 23.3. The lowest BCUT2D eigenvalue weighted by molar-refractivity contribution is 0.104. The van der Waals surface area contributed by atoms with Gasteiger partial charge in [-0.15, -0.1) is 0 Å². The van der Waals surface area contributed by atoms with Gasteiger partial charge in [-0.05, 0) is 50.2 Å². The van der Waals surface area contributed by atoms with E-state index in [9.17, 15) is 21.6 Å². The molecule has 0 atom stereocenters. The number of para-hydroxylation sites is 2. The molecule has 0 unspecified atom stereocenters. The summed E-state index contributed by atoms with van der Waals surface area (Å²) < 4.78 is 56.7. The Hall–Kier alpha value is -4.47. The third-order valence-electron chi connectivity index (χ3n) is 7.00. The van der Waals surface area contributed by atoms with Gasteiger partial charge < -0.3 is 0 Å². The summed E-state index contributed by atoms with van der Waals surface area (Å²) in [4.78, 5) is 14.3. The van der Waals surface area contributed by atoms with E-state index in [0.29, 0.717) is 21.8 Å². The van der Waals surface area contributed by atoms with Crippen molar-refractivity contribution in [2.24, 2.45) is 0 Å². The largest absolute Gasteiger partial charge is 0.288 e. The molecule has 0 saturated carbocycles. The van der Waals surface area contributed by atoms with Crippen LogP contribution < -0.4 is 0 Å². The van der Waals surface area contributed by atoms with Crippen LogP contribution in [0.25, 0.3) is 21.8 Å². The van der Waals surface area contributed by atoms with Gasteiger partial charge in [0.2, 0.25) is 0 Å². The van der Waals surface area contributed by atoms with Crippen LogP contribution in [0, 0.1) is 13.8 Å². The lowest BCUT2D eigenvalue weighted by Gasteiger charge is -2.07. The van der Waals surface area contributed by atoms with E-state index >= 15 is 0 Å². The van der Waals surface area contributed by atoms with E-state index in [1.165, 1.54) is 36.7 Å². The highest BCUT2D eigenvalue weighted by molar-refractivity contribution is 7.90. The van der Waals surface area contributed by atoms with Crippen molar-refractivity contribution >= 4 is 47.6 Å². The number of ketones is 1. The van der Waals surface area contributed by atoms with Gasteiger partial charge in [-0.25, -0.2) is 24.8 Å². The van der Waals surface area contributed by atoms with Crippen LogP contribution in [0.15, 0.2) is 119 Å². The minimum Gasteiger partial charge on any atom is -0.288 e. The van der Waals surface area contributed by atoms with Crippen LogP contribution in [0.2, 0.25) is 0 Å². The van der Waals surface area contributed by atoms with Crippen LogP contribution in [-0.2, 0) is 20.0 Å². The number of hydrogen-bond acceptors (Lipinski definition) is 5. The van der Waals surface area contributed by atoms with Crippen LogP contribution in [0.3, 0.4) is 0 Å². The van der Waals surface area contributed by atoms with E-state index in [4.69, 9.17) is 0 Å². The standard InChI is InChI=1S/C31H24N2O5S2/c1-21-11-15-23(16-12-21)39(35,36)32-19-27(25-7-3-5-9-29(25)32)31(34)28-20-33(30-10-6-4-8-26(28)30)40(37,38)24-17-13-22(2)14-18-24/h3-20H,1-2H3. The molecule has 6 aromatic rings. The predicted molar refractivity (Wildman–Crippen MR) is 155 cm³/mol. The fourth-order valence-electron chi connectivity index (χ4n) is 4.85. The number of carbonyl (C=O) groups is 1. The third-order valence-corrected chi connectivity index (χ3v) is 10.4. The molecule has 4 aromatic carbocycles. The van der Waals surface area contributed by atoms with Crippen LogP contribution in [0.1, 0.15) is 27.0 Å². The van der Waals surface area contributed by atoms with Crippen molar-refractivity contribution in [2.45, 2.75) is 23.6 Å². The van der Waals surface area contributed by atoms with Crippen molar-refractivity contribution in [2.75, 3.05) is 0 Å². The van der Waals surface area contributed by atoms with Gasteiger partial charge in [0.15, 0.2) is 5.78 Å². The summed E-state index contributed by atoms with van der Waals surface area (Å²) in [7, 11) is -8.03. The van der Waals surface area contributed by atoms with Gasteiger partial charge in [-0.2, -0.15) is 0 Å². The van der Waals surface area contributed by atoms with Crippen molar-refractivity contribution < 1.29 is 21.6 Å². The van der Waals surface area contributed by atoms with Crippen molar-refractivity contribution in [1.29, 1.82) is 0 Å². The summed E-state index contributed by atoms with van der Waals surface area (Å²) in [5, 5.41) is 0.891. The molecule has 0 radical (unpaired) electrons. The Morgan fingerprint density at radius 2 is 0.875 bits per heavy atom. The second-order valence-corrected chi connectivity index (χ2v) is 13.3. The van der Waals surface area contributed by atoms with Crippen molar-refractivity contribution in [3.63, 3.8) is 0 Å². The number of benzene rings is 4. The van der Waals surface area contributed by atoms with Gasteiger partial charge in [0.05, 0.1) is 20.8 Å². The summed E-state index contributed by atoms with van der Waals surface area (Å²) in [5.41, 5.74) is 2.85. The van der Waals surface area contributed by atoms with E-state index in [2.05, 4.69) is 0 Å². The number of aromatic nitrogens is 2. The molecule has 0 aliphatic carbocycles. The van der Waals surface area contributed by atoms with E-state index in [0.717, 1.165) is 19.1 Å². The van der Waals surface area contributed by atoms with Crippen LogP contribution in [-0.4, -0.2) is 30.6 Å². The summed E-state index contributed by atoms with van der Waals surface area (Å²) in [6, 6.07) is 26.5. The molecular weight excluding hydrogens is 544 g/mol. The van der Waals surface area contributed by atoms with Crippen LogP contribution in [0.4, 0.5) is 0 Å². The van der Waals surface area contributed by atoms with Crippen LogP contribution in [0.5, 0.6) is 0 Å². The van der Waals surface area contributed by atoms with E-state index in [1.807, 2.05) is 13.8 Å². The van der Waals surface area contributed by atoms with Crippen LogP contribution >= 0.6 is 0 Å². The molecule has 0 fully saturated rings. The predicted octanol–water partition coefficient (Wildman–Crippen LogP) is 5.92. The van der Waals surface area contributed by atoms with Crippen molar-refractivity contribution in [3.8, 4) is 0 Å². The number of nitrogens with zero attached hydrogens (tertiary/aromatic N) is 2. The normalized spacial score (nSPS) is 12.2. The maximum Gasteiger partial charge on any atom is 0.268 e. The first-order valence-corrected chi connectivity index (χ1v) is 15.4. The van der Waals surface area contributed by atoms with E-state index < -0.39 is 25.8 Å². The monoisotopic (exact) mass is 568 g/mol. The molecule has 9 heteroatoms. The number of fused-ring (bicyclic) bond motifs is 2. The first kappa shape index (κ1) is 25.8. The molecular formula is C31H24N2O5S2. The van der Waals surface area contributed by atoms with E-state index in [-0.39, 0.29) is 20.9 Å². The average molecular weight is 569 g/mol. The topological polar surface area (TPSA) is 95.2 Å². The molecule has 2 heterocycles. The maximum atomic E-state index is 14.1. The minimum absolute atomic E-state index is 0.0960. The zero-order chi connectivity index (χ0) is 28.2. The van der Waals surface area contributed by atoms with Crippen molar-refractivity contribution in [1.82, 2.24) is 7.94 Å². The van der Waals surface area contributed by atoms with Crippen molar-refractivity contribution in [3.05, 3.63) is 132 Å². The highest BCUT2D eigenvalue weighted by atomic mass is 32.2. The highest BCUT2D eigenvalue weighted by Crippen LogP contribution is 2.32. The fraction of sp³-hybridized carbons (Fsp3) is 0.0645. The maximum absolute atomic E-state index is 14.1. The molecule has 2 aromatic heterocycles. The number of hydrogen-bond donors (Lipinski definition) is 0. The molecule has 0 saturated heterocycles. The average Bonchev–Trinajstić information content (AvgIpc) is 3.54. The first-order chi connectivity index (χ1) is 19.1. The molecule has 7 nitrogen and oxygen atoms in total. The second-order valence-electron chi connectivity index (χ2n) is 9.68. The Bertz CT molecular complexity index is 2000. The number of carbonyl (C=O) groups excluding carboxylic acids is 1. The summed E-state index contributed by atoms with van der Waals surface area (Å²) in [5.74, 6) is -0.483. The molecule has 0 aliphatic heterocycles. The lowest BCUT2D eigenvalue weighted by Crippen LogP contribution is -2.12. The smallest absolute Gasteiger partial charge is 0.268 e. The molecule has 0 N–H and O–H groups in total. The molecule has 40 heavy (non-hydrogen) atoms.